The van der Waals surface area contributed by atoms with Gasteiger partial charge in [0, 0.05) is 44.6 Å². The van der Waals surface area contributed by atoms with Crippen molar-refractivity contribution < 1.29 is 13.9 Å². The predicted octanol–water partition coefficient (Wildman–Crippen LogP) is 4.24. The molecule has 2 heterocycles. The Balaban J connectivity index is 1.29. The number of carbonyl (C=O) groups excluding carboxylic acids is 1. The summed E-state index contributed by atoms with van der Waals surface area (Å²) in [6.07, 6.45) is 1.09. The van der Waals surface area contributed by atoms with Gasteiger partial charge in [0.05, 0.1) is 12.8 Å². The van der Waals surface area contributed by atoms with Crippen molar-refractivity contribution in [3.05, 3.63) is 72.5 Å². The molecular formula is C24H26N2O3. The highest BCUT2D eigenvalue weighted by Gasteiger charge is 2.22. The summed E-state index contributed by atoms with van der Waals surface area (Å²) < 4.78 is 11.4. The molecule has 1 amide bonds. The van der Waals surface area contributed by atoms with Crippen LogP contribution < -0.4 is 9.64 Å². The van der Waals surface area contributed by atoms with Crippen molar-refractivity contribution in [3.8, 4) is 17.1 Å². The lowest BCUT2D eigenvalue weighted by Gasteiger charge is -2.36. The molecule has 1 aliphatic heterocycles. The summed E-state index contributed by atoms with van der Waals surface area (Å²) in [6, 6.07) is 22.0. The van der Waals surface area contributed by atoms with E-state index in [9.17, 15) is 4.79 Å². The molecule has 5 nitrogen and oxygen atoms in total. The van der Waals surface area contributed by atoms with Crippen LogP contribution in [0.5, 0.6) is 5.75 Å². The van der Waals surface area contributed by atoms with Crippen molar-refractivity contribution >= 4 is 11.6 Å². The smallest absolute Gasteiger partial charge is 0.223 e. The second kappa shape index (κ2) is 8.86. The number of amides is 1. The summed E-state index contributed by atoms with van der Waals surface area (Å²) in [7, 11) is 1.69. The fourth-order valence-corrected chi connectivity index (χ4v) is 3.75. The number of aryl methyl sites for hydroxylation is 1. The van der Waals surface area contributed by atoms with Gasteiger partial charge in [0.15, 0.2) is 0 Å². The molecule has 1 saturated heterocycles. The summed E-state index contributed by atoms with van der Waals surface area (Å²) in [5, 5.41) is 0. The van der Waals surface area contributed by atoms with Gasteiger partial charge in [0.25, 0.3) is 0 Å². The molecule has 0 unspecified atom stereocenters. The molecule has 0 saturated carbocycles. The molecule has 0 atom stereocenters. The van der Waals surface area contributed by atoms with Crippen molar-refractivity contribution in [2.24, 2.45) is 0 Å². The van der Waals surface area contributed by atoms with Crippen LogP contribution >= 0.6 is 0 Å². The molecule has 3 aromatic rings. The molecule has 0 N–H and O–H groups in total. The monoisotopic (exact) mass is 390 g/mol. The standard InChI is InChI=1S/C24H26N2O3/c1-28-23-10-6-5-9-21(23)25-15-17-26(18-16-25)24(27)14-12-20-11-13-22(29-20)19-7-3-2-4-8-19/h2-11,13H,12,14-18H2,1H3. The van der Waals surface area contributed by atoms with Crippen molar-refractivity contribution in [2.75, 3.05) is 38.2 Å². The van der Waals surface area contributed by atoms with Gasteiger partial charge in [-0.2, -0.15) is 0 Å². The van der Waals surface area contributed by atoms with E-state index in [-0.39, 0.29) is 5.91 Å². The van der Waals surface area contributed by atoms with Crippen LogP contribution in [0.4, 0.5) is 5.69 Å². The lowest BCUT2D eigenvalue weighted by atomic mass is 10.2. The first-order chi connectivity index (χ1) is 14.2. The number of carbonyl (C=O) groups is 1. The van der Waals surface area contributed by atoms with Gasteiger partial charge in [-0.3, -0.25) is 4.79 Å². The van der Waals surface area contributed by atoms with E-state index in [1.165, 1.54) is 0 Å². The molecule has 0 aliphatic carbocycles. The Kier molecular flexibility index (Phi) is 5.84. The summed E-state index contributed by atoms with van der Waals surface area (Å²) in [5.41, 5.74) is 2.14. The first-order valence-electron chi connectivity index (χ1n) is 10.0. The summed E-state index contributed by atoms with van der Waals surface area (Å²) in [4.78, 5) is 16.9. The number of benzene rings is 2. The maximum Gasteiger partial charge on any atom is 0.223 e. The Morgan fingerprint density at radius 3 is 2.41 bits per heavy atom. The fraction of sp³-hybridized carbons (Fsp3) is 0.292. The van der Waals surface area contributed by atoms with E-state index < -0.39 is 0 Å². The maximum atomic E-state index is 12.7. The van der Waals surface area contributed by atoms with E-state index in [4.69, 9.17) is 9.15 Å². The van der Waals surface area contributed by atoms with E-state index in [0.29, 0.717) is 12.8 Å². The summed E-state index contributed by atoms with van der Waals surface area (Å²) in [5.74, 6) is 2.75. The Morgan fingerprint density at radius 2 is 1.66 bits per heavy atom. The topological polar surface area (TPSA) is 45.9 Å². The van der Waals surface area contributed by atoms with Crippen LogP contribution in [0.1, 0.15) is 12.2 Å². The van der Waals surface area contributed by atoms with Crippen LogP contribution in [0.25, 0.3) is 11.3 Å². The third-order valence-corrected chi connectivity index (χ3v) is 5.36. The Bertz CT molecular complexity index is 944. The quantitative estimate of drug-likeness (QED) is 0.632. The minimum absolute atomic E-state index is 0.183. The maximum absolute atomic E-state index is 12.7. The number of furan rings is 1. The highest BCUT2D eigenvalue weighted by Crippen LogP contribution is 2.28. The van der Waals surface area contributed by atoms with Gasteiger partial charge in [-0.25, -0.2) is 0 Å². The number of rotatable bonds is 6. The molecule has 29 heavy (non-hydrogen) atoms. The highest BCUT2D eigenvalue weighted by molar-refractivity contribution is 5.77. The molecule has 5 heteroatoms. The minimum atomic E-state index is 0.183. The second-order valence-corrected chi connectivity index (χ2v) is 7.17. The fourth-order valence-electron chi connectivity index (χ4n) is 3.75. The lowest BCUT2D eigenvalue weighted by molar-refractivity contribution is -0.131. The number of piperazine rings is 1. The van der Waals surface area contributed by atoms with Crippen molar-refractivity contribution in [2.45, 2.75) is 12.8 Å². The van der Waals surface area contributed by atoms with Crippen molar-refractivity contribution in [3.63, 3.8) is 0 Å². The zero-order valence-corrected chi connectivity index (χ0v) is 16.7. The van der Waals surface area contributed by atoms with Gasteiger partial charge in [0.2, 0.25) is 5.91 Å². The molecule has 0 bridgehead atoms. The average molecular weight is 390 g/mol. The van der Waals surface area contributed by atoms with Crippen LogP contribution in [-0.4, -0.2) is 44.1 Å². The highest BCUT2D eigenvalue weighted by atomic mass is 16.5. The molecule has 150 valence electrons. The predicted molar refractivity (Wildman–Crippen MR) is 114 cm³/mol. The molecule has 4 rings (SSSR count). The molecule has 1 aliphatic rings. The van der Waals surface area contributed by atoms with E-state index >= 15 is 0 Å². The van der Waals surface area contributed by atoms with Crippen LogP contribution in [0.15, 0.2) is 71.1 Å². The normalized spacial score (nSPS) is 14.1. The van der Waals surface area contributed by atoms with Gasteiger partial charge in [-0.1, -0.05) is 42.5 Å². The zero-order chi connectivity index (χ0) is 20.1. The third kappa shape index (κ3) is 4.45. The van der Waals surface area contributed by atoms with Gasteiger partial charge in [-0.05, 0) is 24.3 Å². The van der Waals surface area contributed by atoms with Crippen LogP contribution in [-0.2, 0) is 11.2 Å². The Labute approximate surface area is 171 Å². The Hall–Kier alpha value is -3.21. The summed E-state index contributed by atoms with van der Waals surface area (Å²) in [6.45, 7) is 3.07. The van der Waals surface area contributed by atoms with Gasteiger partial charge >= 0.3 is 0 Å². The SMILES string of the molecule is COc1ccccc1N1CCN(C(=O)CCc2ccc(-c3ccccc3)o2)CC1. The van der Waals surface area contributed by atoms with Crippen LogP contribution in [0, 0.1) is 0 Å². The van der Waals surface area contributed by atoms with Crippen molar-refractivity contribution in [1.29, 1.82) is 0 Å². The zero-order valence-electron chi connectivity index (χ0n) is 16.7. The molecule has 0 radical (unpaired) electrons. The van der Waals surface area contributed by atoms with E-state index in [1.807, 2.05) is 65.6 Å². The first kappa shape index (κ1) is 19.1. The third-order valence-electron chi connectivity index (χ3n) is 5.36. The average Bonchev–Trinajstić information content (AvgIpc) is 3.27. The van der Waals surface area contributed by atoms with Crippen molar-refractivity contribution in [1.82, 2.24) is 4.90 Å². The molecule has 0 spiro atoms. The molecule has 1 aromatic heterocycles. The van der Waals surface area contributed by atoms with E-state index in [2.05, 4.69) is 11.0 Å². The molecular weight excluding hydrogens is 364 g/mol. The number of hydrogen-bond acceptors (Lipinski definition) is 4. The van der Waals surface area contributed by atoms with E-state index in [0.717, 1.165) is 54.7 Å². The van der Waals surface area contributed by atoms with Gasteiger partial charge in [-0.15, -0.1) is 0 Å². The lowest BCUT2D eigenvalue weighted by Crippen LogP contribution is -2.48. The number of methoxy groups -OCH3 is 1. The van der Waals surface area contributed by atoms with Gasteiger partial charge in [0.1, 0.15) is 17.3 Å². The number of anilines is 1. The Morgan fingerprint density at radius 1 is 0.931 bits per heavy atom. The second-order valence-electron chi connectivity index (χ2n) is 7.17. The largest absolute Gasteiger partial charge is 0.495 e. The number of ether oxygens (including phenoxy) is 1. The van der Waals surface area contributed by atoms with Crippen LogP contribution in [0.3, 0.4) is 0 Å². The number of nitrogens with zero attached hydrogens (tertiary/aromatic N) is 2. The number of hydrogen-bond donors (Lipinski definition) is 0. The minimum Gasteiger partial charge on any atom is -0.495 e. The van der Waals surface area contributed by atoms with Gasteiger partial charge < -0.3 is 19.0 Å². The summed E-state index contributed by atoms with van der Waals surface area (Å²) >= 11 is 0. The number of para-hydroxylation sites is 2. The molecule has 1 fully saturated rings. The first-order valence-corrected chi connectivity index (χ1v) is 10.0. The van der Waals surface area contributed by atoms with E-state index in [1.54, 1.807) is 7.11 Å². The molecule has 2 aromatic carbocycles. The van der Waals surface area contributed by atoms with Crippen LogP contribution in [0.2, 0.25) is 0 Å².